The van der Waals surface area contributed by atoms with Gasteiger partial charge >= 0.3 is 5.97 Å². The topological polar surface area (TPSA) is 80.8 Å². The van der Waals surface area contributed by atoms with Crippen LogP contribution in [-0.2, 0) is 14.4 Å². The van der Waals surface area contributed by atoms with Crippen molar-refractivity contribution in [3.05, 3.63) is 42.0 Å². The van der Waals surface area contributed by atoms with Crippen LogP contribution >= 0.6 is 0 Å². The first-order valence-electron chi connectivity index (χ1n) is 9.81. The van der Waals surface area contributed by atoms with Gasteiger partial charge in [0, 0.05) is 6.54 Å². The van der Waals surface area contributed by atoms with Gasteiger partial charge in [0.2, 0.25) is 11.8 Å². The molecule has 1 heterocycles. The minimum absolute atomic E-state index is 0.0283. The smallest absolute Gasteiger partial charge is 0.313 e. The number of ketones is 1. The van der Waals surface area contributed by atoms with Gasteiger partial charge in [-0.2, -0.15) is 0 Å². The molecule has 1 aromatic rings. The van der Waals surface area contributed by atoms with Crippen molar-refractivity contribution in [2.75, 3.05) is 6.54 Å². The van der Waals surface area contributed by atoms with Crippen molar-refractivity contribution in [3.63, 3.8) is 0 Å². The third-order valence-electron chi connectivity index (χ3n) is 6.78. The summed E-state index contributed by atoms with van der Waals surface area (Å²) in [5, 5.41) is 0. The van der Waals surface area contributed by atoms with E-state index in [0.29, 0.717) is 17.4 Å². The number of rotatable bonds is 5. The third-order valence-corrected chi connectivity index (χ3v) is 6.78. The molecule has 2 saturated carbocycles. The van der Waals surface area contributed by atoms with Crippen LogP contribution in [-0.4, -0.2) is 35.0 Å². The molecule has 6 rings (SSSR count). The monoisotopic (exact) mass is 379 g/mol. The molecule has 144 valence electrons. The van der Waals surface area contributed by atoms with Gasteiger partial charge in [0.05, 0.1) is 23.8 Å². The number of hydrogen-bond acceptors (Lipinski definition) is 5. The lowest BCUT2D eigenvalue weighted by atomic mass is 9.63. The molecule has 6 atom stereocenters. The van der Waals surface area contributed by atoms with Crippen LogP contribution < -0.4 is 4.74 Å². The highest BCUT2D eigenvalue weighted by atomic mass is 16.5. The summed E-state index contributed by atoms with van der Waals surface area (Å²) in [6, 6.07) is 6.54. The zero-order valence-corrected chi connectivity index (χ0v) is 15.5. The molecule has 0 N–H and O–H groups in total. The molecule has 0 spiro atoms. The molecule has 1 aliphatic heterocycles. The van der Waals surface area contributed by atoms with Crippen LogP contribution in [0, 0.1) is 35.5 Å². The fourth-order valence-electron chi connectivity index (χ4n) is 5.46. The van der Waals surface area contributed by atoms with Crippen molar-refractivity contribution < 1.29 is 23.9 Å². The molecule has 28 heavy (non-hydrogen) atoms. The van der Waals surface area contributed by atoms with E-state index in [2.05, 4.69) is 12.2 Å². The fraction of sp³-hybridized carbons (Fsp3) is 0.455. The van der Waals surface area contributed by atoms with Crippen LogP contribution in [0.2, 0.25) is 0 Å². The molecular weight excluding hydrogens is 358 g/mol. The molecule has 3 fully saturated rings. The number of carbonyl (C=O) groups excluding carboxylic acids is 4. The maximum Gasteiger partial charge on any atom is 0.313 e. The number of nitrogens with zero attached hydrogens (tertiary/aromatic N) is 1. The highest BCUT2D eigenvalue weighted by molar-refractivity contribution is 6.06. The fourth-order valence-corrected chi connectivity index (χ4v) is 5.46. The molecule has 6 heteroatoms. The minimum Gasteiger partial charge on any atom is -0.426 e. The summed E-state index contributed by atoms with van der Waals surface area (Å²) in [6.07, 6.45) is 5.29. The Bertz CT molecular complexity index is 899. The van der Waals surface area contributed by atoms with Gasteiger partial charge in [-0.15, -0.1) is 0 Å². The average molecular weight is 379 g/mol. The lowest BCUT2D eigenvalue weighted by Gasteiger charge is -2.37. The average Bonchev–Trinajstić information content (AvgIpc) is 3.46. The highest BCUT2D eigenvalue weighted by Gasteiger charge is 2.66. The molecule has 0 unspecified atom stereocenters. The standard InChI is InChI=1S/C22H21NO5/c1-11(24)12-4-2-3-5-17(12)28-18(25)8-9-23-21(26)19-13-6-7-14(16-10-15(13)16)20(19)22(23)27/h2-7,13-16,19-20H,8-10H2,1H3/t13-,14-,15-,16-,19-,20+/m0/s1. The second-order valence-corrected chi connectivity index (χ2v) is 8.26. The number of amides is 2. The van der Waals surface area contributed by atoms with E-state index < -0.39 is 5.97 Å². The van der Waals surface area contributed by atoms with E-state index >= 15 is 0 Å². The number of imide groups is 1. The van der Waals surface area contributed by atoms with Gasteiger partial charge < -0.3 is 4.74 Å². The third kappa shape index (κ3) is 2.47. The second-order valence-electron chi connectivity index (χ2n) is 8.26. The molecule has 0 radical (unpaired) electrons. The summed E-state index contributed by atoms with van der Waals surface area (Å²) in [5.74, 6) is 0.130. The van der Waals surface area contributed by atoms with Crippen molar-refractivity contribution >= 4 is 23.6 Å². The first kappa shape index (κ1) is 17.3. The van der Waals surface area contributed by atoms with Crippen molar-refractivity contribution in [1.29, 1.82) is 0 Å². The Balaban J connectivity index is 1.26. The predicted molar refractivity (Wildman–Crippen MR) is 98.1 cm³/mol. The molecule has 5 aliphatic rings. The van der Waals surface area contributed by atoms with Crippen LogP contribution in [0.25, 0.3) is 0 Å². The van der Waals surface area contributed by atoms with Crippen LogP contribution in [0.5, 0.6) is 5.75 Å². The first-order chi connectivity index (χ1) is 13.5. The lowest BCUT2D eigenvalue weighted by molar-refractivity contribution is -0.141. The number of likely N-dealkylation sites (tertiary alicyclic amines) is 1. The zero-order valence-electron chi connectivity index (χ0n) is 15.5. The minimum atomic E-state index is -0.562. The normalized spacial score (nSPS) is 34.2. The van der Waals surface area contributed by atoms with Crippen LogP contribution in [0.4, 0.5) is 0 Å². The summed E-state index contributed by atoms with van der Waals surface area (Å²) in [4.78, 5) is 51.0. The summed E-state index contributed by atoms with van der Waals surface area (Å²) in [7, 11) is 0. The largest absolute Gasteiger partial charge is 0.426 e. The van der Waals surface area contributed by atoms with Crippen LogP contribution in [0.15, 0.2) is 36.4 Å². The van der Waals surface area contributed by atoms with E-state index in [1.165, 1.54) is 11.8 Å². The molecule has 2 bridgehead atoms. The SMILES string of the molecule is CC(=O)c1ccccc1OC(=O)CCN1C(=O)[C@@H]2[C@H]3C=C[C@@H]([C@@H]4C[C@@H]34)[C@@H]2C1=O. The van der Waals surface area contributed by atoms with Gasteiger partial charge in [-0.25, -0.2) is 0 Å². The van der Waals surface area contributed by atoms with E-state index in [9.17, 15) is 19.2 Å². The van der Waals surface area contributed by atoms with E-state index in [4.69, 9.17) is 4.74 Å². The zero-order chi connectivity index (χ0) is 19.6. The van der Waals surface area contributed by atoms with Gasteiger partial charge in [0.15, 0.2) is 5.78 Å². The molecule has 1 aromatic carbocycles. The molecule has 6 nitrogen and oxygen atoms in total. The number of allylic oxidation sites excluding steroid dienone is 2. The van der Waals surface area contributed by atoms with Crippen molar-refractivity contribution in [2.24, 2.45) is 35.5 Å². The Morgan fingerprint density at radius 2 is 1.64 bits per heavy atom. The predicted octanol–water partition coefficient (Wildman–Crippen LogP) is 2.24. The van der Waals surface area contributed by atoms with E-state index in [0.717, 1.165) is 6.42 Å². The Morgan fingerprint density at radius 3 is 2.25 bits per heavy atom. The molecule has 2 amide bonds. The van der Waals surface area contributed by atoms with Crippen molar-refractivity contribution in [2.45, 2.75) is 19.8 Å². The Labute approximate surface area is 162 Å². The number of benzene rings is 1. The second kappa shape index (κ2) is 6.12. The molecular formula is C22H21NO5. The quantitative estimate of drug-likeness (QED) is 0.258. The molecule has 0 aromatic heterocycles. The number of ether oxygens (including phenoxy) is 1. The number of esters is 1. The summed E-state index contributed by atoms with van der Waals surface area (Å²) >= 11 is 0. The number of Topliss-reactive ketones (excluding diaryl/α,β-unsaturated/α-hetero) is 1. The van der Waals surface area contributed by atoms with Gasteiger partial charge in [-0.3, -0.25) is 24.1 Å². The number of para-hydroxylation sites is 1. The van der Waals surface area contributed by atoms with Crippen molar-refractivity contribution in [1.82, 2.24) is 4.90 Å². The lowest BCUT2D eigenvalue weighted by Crippen LogP contribution is -2.40. The Hall–Kier alpha value is -2.76. The van der Waals surface area contributed by atoms with Gasteiger partial charge in [0.25, 0.3) is 0 Å². The van der Waals surface area contributed by atoms with E-state index in [-0.39, 0.29) is 60.0 Å². The maximum absolute atomic E-state index is 12.9. The van der Waals surface area contributed by atoms with Crippen LogP contribution in [0.3, 0.4) is 0 Å². The Kier molecular flexibility index (Phi) is 3.79. The molecule has 4 aliphatic carbocycles. The number of hydrogen-bond donors (Lipinski definition) is 0. The van der Waals surface area contributed by atoms with E-state index in [1.54, 1.807) is 24.3 Å². The van der Waals surface area contributed by atoms with Crippen LogP contribution in [0.1, 0.15) is 30.1 Å². The van der Waals surface area contributed by atoms with Crippen molar-refractivity contribution in [3.8, 4) is 5.75 Å². The molecule has 1 saturated heterocycles. The summed E-state index contributed by atoms with van der Waals surface area (Å²) in [5.41, 5.74) is 0.331. The summed E-state index contributed by atoms with van der Waals surface area (Å²) in [6.45, 7) is 1.43. The maximum atomic E-state index is 12.9. The van der Waals surface area contributed by atoms with Gasteiger partial charge in [-0.1, -0.05) is 24.3 Å². The Morgan fingerprint density at radius 1 is 1.04 bits per heavy atom. The first-order valence-corrected chi connectivity index (χ1v) is 9.81. The van der Waals surface area contributed by atoms with E-state index in [1.807, 2.05) is 0 Å². The number of carbonyl (C=O) groups is 4. The van der Waals surface area contributed by atoms with Gasteiger partial charge in [-0.05, 0) is 49.1 Å². The summed E-state index contributed by atoms with van der Waals surface area (Å²) < 4.78 is 5.31. The van der Waals surface area contributed by atoms with Gasteiger partial charge in [0.1, 0.15) is 5.75 Å². The highest BCUT2D eigenvalue weighted by Crippen LogP contribution is 2.65.